The van der Waals surface area contributed by atoms with Crippen molar-refractivity contribution >= 4 is 17.5 Å². The Morgan fingerprint density at radius 3 is 2.50 bits per heavy atom. The molecular weight excluding hydrogens is 238 g/mol. The Hall–Kier alpha value is -2.70. The molecule has 0 aliphatic carbocycles. The van der Waals surface area contributed by atoms with E-state index in [1.54, 1.807) is 0 Å². The molecule has 0 atom stereocenters. The van der Waals surface area contributed by atoms with Crippen LogP contribution in [0.3, 0.4) is 0 Å². The van der Waals surface area contributed by atoms with Gasteiger partial charge in [-0.25, -0.2) is 0 Å². The number of hydrogen-bond donors (Lipinski definition) is 2. The quantitative estimate of drug-likeness (QED) is 0.451. The van der Waals surface area contributed by atoms with Crippen LogP contribution < -0.4 is 11.1 Å². The van der Waals surface area contributed by atoms with E-state index >= 15 is 0 Å². The van der Waals surface area contributed by atoms with Gasteiger partial charge in [0.15, 0.2) is 0 Å². The molecule has 2 amide bonds. The number of benzene rings is 1. The number of non-ortho nitro benzene ring substituents is 1. The van der Waals surface area contributed by atoms with Crippen LogP contribution in [0.2, 0.25) is 0 Å². The lowest BCUT2D eigenvalue weighted by Crippen LogP contribution is -2.24. The molecule has 0 fully saturated rings. The van der Waals surface area contributed by atoms with Crippen LogP contribution in [-0.4, -0.2) is 23.3 Å². The van der Waals surface area contributed by atoms with Gasteiger partial charge in [-0.2, -0.15) is 0 Å². The summed E-state index contributed by atoms with van der Waals surface area (Å²) in [5.74, 6) is -1.38. The lowest BCUT2D eigenvalue weighted by atomic mass is 10.1. The van der Waals surface area contributed by atoms with E-state index < -0.39 is 16.7 Å². The van der Waals surface area contributed by atoms with Crippen molar-refractivity contribution in [1.82, 2.24) is 5.32 Å². The van der Waals surface area contributed by atoms with Crippen molar-refractivity contribution in [2.24, 2.45) is 5.73 Å². The molecule has 0 saturated heterocycles. The first-order valence-corrected chi connectivity index (χ1v) is 4.94. The summed E-state index contributed by atoms with van der Waals surface area (Å²) in [6.45, 7) is 3.64. The van der Waals surface area contributed by atoms with Crippen LogP contribution in [0.1, 0.15) is 20.7 Å². The Morgan fingerprint density at radius 2 is 2.00 bits per heavy atom. The predicted octanol–water partition coefficient (Wildman–Crippen LogP) is 0.610. The number of hydrogen-bond acceptors (Lipinski definition) is 4. The van der Waals surface area contributed by atoms with Crippen molar-refractivity contribution in [3.05, 3.63) is 52.1 Å². The van der Waals surface area contributed by atoms with Crippen molar-refractivity contribution in [3.63, 3.8) is 0 Å². The minimum absolute atomic E-state index is 0.000139. The molecule has 1 aromatic rings. The molecule has 1 rings (SSSR count). The molecular formula is C11H11N3O4. The van der Waals surface area contributed by atoms with Gasteiger partial charge in [0, 0.05) is 29.8 Å². The fourth-order valence-electron chi connectivity index (χ4n) is 1.26. The van der Waals surface area contributed by atoms with E-state index in [9.17, 15) is 19.7 Å². The van der Waals surface area contributed by atoms with Crippen LogP contribution in [0.25, 0.3) is 0 Å². The van der Waals surface area contributed by atoms with Gasteiger partial charge in [0.05, 0.1) is 4.92 Å². The van der Waals surface area contributed by atoms with Gasteiger partial charge in [0.25, 0.3) is 11.6 Å². The van der Waals surface area contributed by atoms with E-state index in [1.165, 1.54) is 12.1 Å². The van der Waals surface area contributed by atoms with Crippen molar-refractivity contribution in [2.45, 2.75) is 0 Å². The summed E-state index contributed by atoms with van der Waals surface area (Å²) in [5, 5.41) is 13.1. The van der Waals surface area contributed by atoms with Gasteiger partial charge in [-0.1, -0.05) is 6.08 Å². The first-order chi connectivity index (χ1) is 8.45. The number of carbonyl (C=O) groups is 2. The van der Waals surface area contributed by atoms with Gasteiger partial charge in [-0.15, -0.1) is 6.58 Å². The average Bonchev–Trinajstić information content (AvgIpc) is 2.35. The van der Waals surface area contributed by atoms with Gasteiger partial charge < -0.3 is 11.1 Å². The molecule has 7 nitrogen and oxygen atoms in total. The Labute approximate surface area is 102 Å². The molecule has 0 unspecified atom stereocenters. The number of amides is 2. The van der Waals surface area contributed by atoms with E-state index in [0.717, 1.165) is 12.1 Å². The molecule has 0 heterocycles. The van der Waals surface area contributed by atoms with Crippen LogP contribution in [0.5, 0.6) is 0 Å². The van der Waals surface area contributed by atoms with E-state index in [-0.39, 0.29) is 23.4 Å². The molecule has 3 N–H and O–H groups in total. The van der Waals surface area contributed by atoms with Crippen molar-refractivity contribution in [3.8, 4) is 0 Å². The molecule has 0 aliphatic heterocycles. The second-order valence-corrected chi connectivity index (χ2v) is 3.39. The predicted molar refractivity (Wildman–Crippen MR) is 64.1 cm³/mol. The van der Waals surface area contributed by atoms with E-state index in [4.69, 9.17) is 5.73 Å². The highest BCUT2D eigenvalue weighted by atomic mass is 16.6. The summed E-state index contributed by atoms with van der Waals surface area (Å²) in [7, 11) is 0. The lowest BCUT2D eigenvalue weighted by molar-refractivity contribution is -0.384. The number of carbonyl (C=O) groups excluding carboxylic acids is 2. The van der Waals surface area contributed by atoms with E-state index in [2.05, 4.69) is 11.9 Å². The highest BCUT2D eigenvalue weighted by Gasteiger charge is 2.16. The second kappa shape index (κ2) is 5.58. The van der Waals surface area contributed by atoms with Gasteiger partial charge in [-0.3, -0.25) is 19.7 Å². The van der Waals surface area contributed by atoms with Crippen LogP contribution in [0.4, 0.5) is 5.69 Å². The minimum atomic E-state index is -0.837. The zero-order valence-electron chi connectivity index (χ0n) is 9.38. The molecule has 94 valence electrons. The van der Waals surface area contributed by atoms with Gasteiger partial charge in [0.1, 0.15) is 0 Å². The Kier molecular flexibility index (Phi) is 4.14. The number of nitrogens with zero attached hydrogens (tertiary/aromatic N) is 1. The number of nitro groups is 1. The lowest BCUT2D eigenvalue weighted by Gasteiger charge is -2.04. The number of nitrogens with two attached hydrogens (primary N) is 1. The number of primary amides is 1. The summed E-state index contributed by atoms with van der Waals surface area (Å²) in [5.41, 5.74) is 4.59. The topological polar surface area (TPSA) is 115 Å². The first kappa shape index (κ1) is 13.4. The maximum absolute atomic E-state index is 11.6. The van der Waals surface area contributed by atoms with Gasteiger partial charge >= 0.3 is 0 Å². The van der Waals surface area contributed by atoms with Crippen LogP contribution in [0.15, 0.2) is 30.9 Å². The molecule has 0 aliphatic rings. The fourth-order valence-corrected chi connectivity index (χ4v) is 1.26. The Bertz CT molecular complexity index is 493. The standard InChI is InChI=1S/C11H11N3O4/c1-2-3-13-11(16)8-4-7(10(12)15)5-9(6-8)14(17)18/h2,4-6H,1,3H2,(H2,12,15)(H,13,16). The molecule has 0 bridgehead atoms. The minimum Gasteiger partial charge on any atom is -0.366 e. The Morgan fingerprint density at radius 1 is 1.39 bits per heavy atom. The van der Waals surface area contributed by atoms with E-state index in [0.29, 0.717) is 0 Å². The maximum atomic E-state index is 11.6. The average molecular weight is 249 g/mol. The zero-order chi connectivity index (χ0) is 13.7. The van der Waals surface area contributed by atoms with E-state index in [1.807, 2.05) is 0 Å². The van der Waals surface area contributed by atoms with Crippen molar-refractivity contribution < 1.29 is 14.5 Å². The van der Waals surface area contributed by atoms with Crippen molar-refractivity contribution in [2.75, 3.05) is 6.54 Å². The molecule has 0 saturated carbocycles. The molecule has 0 spiro atoms. The third kappa shape index (κ3) is 3.14. The number of nitrogens with one attached hydrogen (secondary N) is 1. The number of nitro benzene ring substituents is 1. The Balaban J connectivity index is 3.18. The first-order valence-electron chi connectivity index (χ1n) is 4.94. The van der Waals surface area contributed by atoms with Crippen LogP contribution >= 0.6 is 0 Å². The highest BCUT2D eigenvalue weighted by molar-refractivity contribution is 6.00. The largest absolute Gasteiger partial charge is 0.366 e. The van der Waals surface area contributed by atoms with Crippen LogP contribution in [-0.2, 0) is 0 Å². The van der Waals surface area contributed by atoms with Gasteiger partial charge in [0.2, 0.25) is 5.91 Å². The van der Waals surface area contributed by atoms with Gasteiger partial charge in [-0.05, 0) is 6.07 Å². The third-order valence-corrected chi connectivity index (χ3v) is 2.08. The monoisotopic (exact) mass is 249 g/mol. The summed E-state index contributed by atoms with van der Waals surface area (Å²) in [4.78, 5) is 32.6. The van der Waals surface area contributed by atoms with Crippen molar-refractivity contribution in [1.29, 1.82) is 0 Å². The number of rotatable bonds is 5. The summed E-state index contributed by atoms with van der Waals surface area (Å²) >= 11 is 0. The molecule has 1 aromatic carbocycles. The molecule has 0 radical (unpaired) electrons. The molecule has 18 heavy (non-hydrogen) atoms. The normalized spacial score (nSPS) is 9.56. The summed E-state index contributed by atoms with van der Waals surface area (Å²) in [6, 6.07) is 3.30. The molecule has 0 aromatic heterocycles. The highest BCUT2D eigenvalue weighted by Crippen LogP contribution is 2.17. The SMILES string of the molecule is C=CCNC(=O)c1cc(C(N)=O)cc([N+](=O)[O-])c1. The van der Waals surface area contributed by atoms with Crippen LogP contribution in [0, 0.1) is 10.1 Å². The third-order valence-electron chi connectivity index (χ3n) is 2.08. The zero-order valence-corrected chi connectivity index (χ0v) is 9.38. The smallest absolute Gasteiger partial charge is 0.271 e. The maximum Gasteiger partial charge on any atom is 0.271 e. The summed E-state index contributed by atoms with van der Waals surface area (Å²) in [6.07, 6.45) is 1.46. The second-order valence-electron chi connectivity index (χ2n) is 3.39. The summed E-state index contributed by atoms with van der Waals surface area (Å²) < 4.78 is 0. The fraction of sp³-hybridized carbons (Fsp3) is 0.0909. The molecule has 7 heteroatoms.